The van der Waals surface area contributed by atoms with E-state index in [9.17, 15) is 4.79 Å². The maximum atomic E-state index is 12.6. The summed E-state index contributed by atoms with van der Waals surface area (Å²) in [6.45, 7) is 3.86. The Bertz CT molecular complexity index is 632. The van der Waals surface area contributed by atoms with Crippen molar-refractivity contribution in [1.29, 1.82) is 0 Å². The van der Waals surface area contributed by atoms with E-state index in [4.69, 9.17) is 16.3 Å². The Morgan fingerprint density at radius 2 is 1.83 bits per heavy atom. The quantitative estimate of drug-likeness (QED) is 0.790. The topological polar surface area (TPSA) is 41.6 Å². The number of nitrogens with one attached hydrogen (secondary N) is 1. The van der Waals surface area contributed by atoms with E-state index >= 15 is 0 Å². The van der Waals surface area contributed by atoms with Crippen molar-refractivity contribution < 1.29 is 9.53 Å². The molecule has 128 valence electrons. The highest BCUT2D eigenvalue weighted by Crippen LogP contribution is 2.15. The Labute approximate surface area is 148 Å². The summed E-state index contributed by atoms with van der Waals surface area (Å²) in [5.41, 5.74) is 1.90. The minimum absolute atomic E-state index is 0.0515. The zero-order chi connectivity index (χ0) is 17.4. The molecule has 0 fully saturated rings. The third kappa shape index (κ3) is 5.64. The van der Waals surface area contributed by atoms with Crippen molar-refractivity contribution in [2.75, 3.05) is 25.6 Å². The van der Waals surface area contributed by atoms with E-state index in [0.717, 1.165) is 5.69 Å². The van der Waals surface area contributed by atoms with E-state index in [1.54, 1.807) is 31.4 Å². The maximum Gasteiger partial charge on any atom is 0.241 e. The van der Waals surface area contributed by atoms with E-state index in [-0.39, 0.29) is 11.9 Å². The van der Waals surface area contributed by atoms with Crippen molar-refractivity contribution in [3.05, 3.63) is 65.2 Å². The Morgan fingerprint density at radius 1 is 1.17 bits per heavy atom. The number of carbonyl (C=O) groups excluding carboxylic acids is 1. The first-order valence-corrected chi connectivity index (χ1v) is 8.31. The molecule has 1 amide bonds. The number of hydrogen-bond donors (Lipinski definition) is 1. The Balaban J connectivity index is 2.03. The summed E-state index contributed by atoms with van der Waals surface area (Å²) >= 11 is 5.87. The van der Waals surface area contributed by atoms with Gasteiger partial charge in [-0.1, -0.05) is 41.9 Å². The minimum atomic E-state index is -0.281. The van der Waals surface area contributed by atoms with Crippen LogP contribution in [0, 0.1) is 0 Å². The number of halogens is 1. The normalized spacial score (nSPS) is 12.2. The number of carbonyl (C=O) groups is 1. The molecule has 1 atom stereocenters. The second-order valence-electron chi connectivity index (χ2n) is 5.62. The minimum Gasteiger partial charge on any atom is -0.383 e. The number of benzene rings is 2. The number of anilines is 1. The molecule has 24 heavy (non-hydrogen) atoms. The summed E-state index contributed by atoms with van der Waals surface area (Å²) in [6.07, 6.45) is 0. The monoisotopic (exact) mass is 346 g/mol. The van der Waals surface area contributed by atoms with Crippen LogP contribution < -0.4 is 5.32 Å². The molecule has 1 N–H and O–H groups in total. The lowest BCUT2D eigenvalue weighted by molar-refractivity contribution is -0.121. The molecule has 0 saturated heterocycles. The van der Waals surface area contributed by atoms with E-state index in [1.807, 2.05) is 25.1 Å². The third-order valence-electron chi connectivity index (χ3n) is 3.85. The van der Waals surface area contributed by atoms with Crippen LogP contribution in [0.25, 0.3) is 0 Å². The molecule has 0 aromatic heterocycles. The van der Waals surface area contributed by atoms with Crippen LogP contribution in [0.3, 0.4) is 0 Å². The number of rotatable bonds is 8. The largest absolute Gasteiger partial charge is 0.383 e. The van der Waals surface area contributed by atoms with Gasteiger partial charge < -0.3 is 10.1 Å². The summed E-state index contributed by atoms with van der Waals surface area (Å²) < 4.78 is 5.18. The average molecular weight is 347 g/mol. The van der Waals surface area contributed by atoms with Crippen LogP contribution in [0.2, 0.25) is 5.02 Å². The van der Waals surface area contributed by atoms with Gasteiger partial charge in [0, 0.05) is 30.9 Å². The molecular weight excluding hydrogens is 324 g/mol. The molecule has 0 aliphatic carbocycles. The molecule has 2 aromatic carbocycles. The SMILES string of the molecule is COCCN(Cc1ccccc1)C(C)C(=O)Nc1ccc(Cl)cc1. The van der Waals surface area contributed by atoms with Crippen molar-refractivity contribution in [2.24, 2.45) is 0 Å². The van der Waals surface area contributed by atoms with Gasteiger partial charge >= 0.3 is 0 Å². The van der Waals surface area contributed by atoms with Gasteiger partial charge in [-0.3, -0.25) is 9.69 Å². The molecule has 5 heteroatoms. The molecule has 2 rings (SSSR count). The highest BCUT2D eigenvalue weighted by Gasteiger charge is 2.21. The van der Waals surface area contributed by atoms with Crippen molar-refractivity contribution in [3.8, 4) is 0 Å². The van der Waals surface area contributed by atoms with Crippen LogP contribution in [0.15, 0.2) is 54.6 Å². The van der Waals surface area contributed by atoms with Gasteiger partial charge in [-0.05, 0) is 36.8 Å². The van der Waals surface area contributed by atoms with Crippen LogP contribution in [0.1, 0.15) is 12.5 Å². The fraction of sp³-hybridized carbons (Fsp3) is 0.316. The summed E-state index contributed by atoms with van der Waals surface area (Å²) in [5, 5.41) is 3.58. The summed E-state index contributed by atoms with van der Waals surface area (Å²) in [5.74, 6) is -0.0515. The molecule has 0 saturated carbocycles. The van der Waals surface area contributed by atoms with Gasteiger partial charge in [-0.2, -0.15) is 0 Å². The van der Waals surface area contributed by atoms with Crippen LogP contribution in [-0.4, -0.2) is 37.1 Å². The predicted molar refractivity (Wildman–Crippen MR) is 98.3 cm³/mol. The van der Waals surface area contributed by atoms with Gasteiger partial charge in [0.2, 0.25) is 5.91 Å². The Kier molecular flexibility index (Phi) is 7.25. The Hall–Kier alpha value is -1.88. The Morgan fingerprint density at radius 3 is 2.46 bits per heavy atom. The number of nitrogens with zero attached hydrogens (tertiary/aromatic N) is 1. The van der Waals surface area contributed by atoms with Gasteiger partial charge in [0.1, 0.15) is 0 Å². The van der Waals surface area contributed by atoms with E-state index < -0.39 is 0 Å². The number of ether oxygens (including phenoxy) is 1. The first-order chi connectivity index (χ1) is 11.6. The van der Waals surface area contributed by atoms with Crippen LogP contribution >= 0.6 is 11.6 Å². The molecule has 1 unspecified atom stereocenters. The summed E-state index contributed by atoms with van der Waals surface area (Å²) in [4.78, 5) is 14.7. The molecule has 0 radical (unpaired) electrons. The van der Waals surface area contributed by atoms with Crippen molar-refractivity contribution >= 4 is 23.2 Å². The molecule has 0 aliphatic rings. The van der Waals surface area contributed by atoms with Gasteiger partial charge in [-0.25, -0.2) is 0 Å². The van der Waals surface area contributed by atoms with Gasteiger partial charge in [0.25, 0.3) is 0 Å². The van der Waals surface area contributed by atoms with Crippen LogP contribution in [-0.2, 0) is 16.1 Å². The number of methoxy groups -OCH3 is 1. The average Bonchev–Trinajstić information content (AvgIpc) is 2.60. The standard InChI is InChI=1S/C19H23ClN2O2/c1-15(19(23)21-18-10-8-17(20)9-11-18)22(12-13-24-2)14-16-6-4-3-5-7-16/h3-11,15H,12-14H2,1-2H3,(H,21,23). The molecular formula is C19H23ClN2O2. The summed E-state index contributed by atoms with van der Waals surface area (Å²) in [7, 11) is 1.67. The van der Waals surface area contributed by atoms with Gasteiger partial charge in [0.15, 0.2) is 0 Å². The predicted octanol–water partition coefficient (Wildman–Crippen LogP) is 3.82. The lowest BCUT2D eigenvalue weighted by Gasteiger charge is -2.28. The highest BCUT2D eigenvalue weighted by atomic mass is 35.5. The highest BCUT2D eigenvalue weighted by molar-refractivity contribution is 6.30. The maximum absolute atomic E-state index is 12.6. The van der Waals surface area contributed by atoms with Crippen LogP contribution in [0.5, 0.6) is 0 Å². The lowest BCUT2D eigenvalue weighted by Crippen LogP contribution is -2.43. The third-order valence-corrected chi connectivity index (χ3v) is 4.10. The van der Waals surface area contributed by atoms with E-state index in [2.05, 4.69) is 22.3 Å². The molecule has 4 nitrogen and oxygen atoms in total. The summed E-state index contributed by atoms with van der Waals surface area (Å²) in [6, 6.07) is 16.9. The smallest absolute Gasteiger partial charge is 0.241 e. The molecule has 0 aliphatic heterocycles. The second-order valence-corrected chi connectivity index (χ2v) is 6.06. The van der Waals surface area contributed by atoms with E-state index in [0.29, 0.717) is 24.7 Å². The molecule has 0 spiro atoms. The zero-order valence-electron chi connectivity index (χ0n) is 14.0. The number of hydrogen-bond acceptors (Lipinski definition) is 3. The van der Waals surface area contributed by atoms with Gasteiger partial charge in [0.05, 0.1) is 12.6 Å². The molecule has 0 heterocycles. The van der Waals surface area contributed by atoms with Crippen molar-refractivity contribution in [2.45, 2.75) is 19.5 Å². The van der Waals surface area contributed by atoms with Gasteiger partial charge in [-0.15, -0.1) is 0 Å². The zero-order valence-corrected chi connectivity index (χ0v) is 14.8. The first kappa shape index (κ1) is 18.5. The van der Waals surface area contributed by atoms with Crippen LogP contribution in [0.4, 0.5) is 5.69 Å². The number of amides is 1. The van der Waals surface area contributed by atoms with E-state index in [1.165, 1.54) is 5.56 Å². The molecule has 0 bridgehead atoms. The second kappa shape index (κ2) is 9.42. The van der Waals surface area contributed by atoms with Crippen molar-refractivity contribution in [3.63, 3.8) is 0 Å². The fourth-order valence-electron chi connectivity index (χ4n) is 2.38. The first-order valence-electron chi connectivity index (χ1n) is 7.93. The van der Waals surface area contributed by atoms with Crippen molar-refractivity contribution in [1.82, 2.24) is 4.90 Å². The lowest BCUT2D eigenvalue weighted by atomic mass is 10.1. The fourth-order valence-corrected chi connectivity index (χ4v) is 2.51. The molecule has 2 aromatic rings.